The van der Waals surface area contributed by atoms with Crippen molar-refractivity contribution in [1.29, 1.82) is 0 Å². The maximum Gasteiger partial charge on any atom is 0.222 e. The fourth-order valence-electron chi connectivity index (χ4n) is 5.64. The van der Waals surface area contributed by atoms with Gasteiger partial charge < -0.3 is 19.7 Å². The summed E-state index contributed by atoms with van der Waals surface area (Å²) < 4.78 is 13.2. The molecular weight excluding hydrogens is 404 g/mol. The standard InChI is InChI=1S/C26H38N2O4/c1-17-9-10-20-23(14-17)32-26(3,4)21-15-19-16-28(13-11-22(19)31-25(20)21)24(30)8-6-5-7-12-27-18(2)29/h9-10,14,19,21-22,25H,5-8,11-13,15-16H2,1-4H3,(H,27,29)/t19-,21+,22+,25-/m0/s1. The van der Waals surface area contributed by atoms with Gasteiger partial charge in [-0.3, -0.25) is 9.59 Å². The van der Waals surface area contributed by atoms with Crippen molar-refractivity contribution in [2.24, 2.45) is 11.8 Å². The normalized spacial score (nSPS) is 28.1. The third kappa shape index (κ3) is 4.95. The number of benzene rings is 1. The Balaban J connectivity index is 1.33. The lowest BCUT2D eigenvalue weighted by molar-refractivity contribution is -0.188. The summed E-state index contributed by atoms with van der Waals surface area (Å²) in [5, 5.41) is 2.81. The summed E-state index contributed by atoms with van der Waals surface area (Å²) in [7, 11) is 0. The van der Waals surface area contributed by atoms with Gasteiger partial charge in [0.25, 0.3) is 0 Å². The number of unbranched alkanes of at least 4 members (excludes halogenated alkanes) is 2. The molecule has 3 heterocycles. The van der Waals surface area contributed by atoms with Gasteiger partial charge in [-0.1, -0.05) is 18.6 Å². The van der Waals surface area contributed by atoms with Crippen LogP contribution in [0.2, 0.25) is 0 Å². The first-order chi connectivity index (χ1) is 15.2. The Hall–Kier alpha value is -2.08. The summed E-state index contributed by atoms with van der Waals surface area (Å²) in [5.74, 6) is 1.86. The van der Waals surface area contributed by atoms with Crippen LogP contribution in [0.15, 0.2) is 18.2 Å². The molecule has 176 valence electrons. The fraction of sp³-hybridized carbons (Fsp3) is 0.692. The third-order valence-electron chi connectivity index (χ3n) is 7.44. The fourth-order valence-corrected chi connectivity index (χ4v) is 5.64. The van der Waals surface area contributed by atoms with E-state index in [0.717, 1.165) is 50.9 Å². The minimum absolute atomic E-state index is 0.00559. The number of carbonyl (C=O) groups is 2. The minimum atomic E-state index is -0.295. The average Bonchev–Trinajstić information content (AvgIpc) is 2.74. The van der Waals surface area contributed by atoms with E-state index >= 15 is 0 Å². The predicted molar refractivity (Wildman–Crippen MR) is 123 cm³/mol. The van der Waals surface area contributed by atoms with E-state index in [1.807, 2.05) is 4.90 Å². The van der Waals surface area contributed by atoms with Crippen molar-refractivity contribution in [3.05, 3.63) is 29.3 Å². The average molecular weight is 443 g/mol. The van der Waals surface area contributed by atoms with Gasteiger partial charge in [-0.2, -0.15) is 0 Å². The first kappa shape index (κ1) is 23.1. The number of likely N-dealkylation sites (tertiary alicyclic amines) is 1. The SMILES string of the molecule is CC(=O)NCCCCCC(=O)N1CC[C@H]2O[C@H]3c4ccc(C)cc4OC(C)(C)[C@@H]3C[C@H]2C1. The highest BCUT2D eigenvalue weighted by atomic mass is 16.5. The lowest BCUT2D eigenvalue weighted by Crippen LogP contribution is -2.56. The minimum Gasteiger partial charge on any atom is -0.487 e. The van der Waals surface area contributed by atoms with Crippen molar-refractivity contribution in [2.75, 3.05) is 19.6 Å². The van der Waals surface area contributed by atoms with Crippen LogP contribution in [0.1, 0.15) is 76.5 Å². The van der Waals surface area contributed by atoms with Gasteiger partial charge in [-0.05, 0) is 58.1 Å². The zero-order chi connectivity index (χ0) is 22.9. The van der Waals surface area contributed by atoms with Crippen LogP contribution in [-0.4, -0.2) is 48.1 Å². The Morgan fingerprint density at radius 3 is 2.81 bits per heavy atom. The molecule has 4 rings (SSSR count). The number of amides is 2. The van der Waals surface area contributed by atoms with Gasteiger partial charge in [-0.25, -0.2) is 0 Å². The van der Waals surface area contributed by atoms with Crippen LogP contribution in [0.25, 0.3) is 0 Å². The number of piperidine rings is 1. The molecule has 0 saturated carbocycles. The summed E-state index contributed by atoms with van der Waals surface area (Å²) in [5.41, 5.74) is 2.08. The molecule has 2 saturated heterocycles. The molecule has 4 atom stereocenters. The van der Waals surface area contributed by atoms with Gasteiger partial charge in [0.1, 0.15) is 11.4 Å². The zero-order valence-corrected chi connectivity index (χ0v) is 20.0. The summed E-state index contributed by atoms with van der Waals surface area (Å²) in [6, 6.07) is 6.44. The van der Waals surface area contributed by atoms with E-state index in [9.17, 15) is 9.59 Å². The summed E-state index contributed by atoms with van der Waals surface area (Å²) in [6.07, 6.45) is 5.56. The molecular formula is C26H38N2O4. The van der Waals surface area contributed by atoms with Crippen LogP contribution in [0.4, 0.5) is 0 Å². The molecule has 0 radical (unpaired) electrons. The van der Waals surface area contributed by atoms with E-state index in [1.54, 1.807) is 0 Å². The molecule has 6 nitrogen and oxygen atoms in total. The van der Waals surface area contributed by atoms with E-state index < -0.39 is 0 Å². The summed E-state index contributed by atoms with van der Waals surface area (Å²) in [6.45, 7) is 10.2. The van der Waals surface area contributed by atoms with Crippen molar-refractivity contribution >= 4 is 11.8 Å². The molecule has 0 unspecified atom stereocenters. The number of nitrogens with one attached hydrogen (secondary N) is 1. The van der Waals surface area contributed by atoms with Crippen LogP contribution in [-0.2, 0) is 14.3 Å². The number of hydrogen-bond donors (Lipinski definition) is 1. The Bertz CT molecular complexity index is 852. The molecule has 32 heavy (non-hydrogen) atoms. The number of ether oxygens (including phenoxy) is 2. The van der Waals surface area contributed by atoms with Crippen molar-refractivity contribution in [1.82, 2.24) is 10.2 Å². The van der Waals surface area contributed by atoms with Gasteiger partial charge >= 0.3 is 0 Å². The molecule has 0 aromatic heterocycles. The first-order valence-electron chi connectivity index (χ1n) is 12.2. The molecule has 1 aromatic carbocycles. The van der Waals surface area contributed by atoms with E-state index in [0.29, 0.717) is 18.9 Å². The van der Waals surface area contributed by atoms with Crippen molar-refractivity contribution in [2.45, 2.75) is 84.0 Å². The number of carbonyl (C=O) groups excluding carboxylic acids is 2. The molecule has 3 aliphatic rings. The van der Waals surface area contributed by atoms with Gasteiger partial charge in [0.2, 0.25) is 11.8 Å². The quantitative estimate of drug-likeness (QED) is 0.672. The van der Waals surface area contributed by atoms with Crippen LogP contribution >= 0.6 is 0 Å². The number of rotatable bonds is 6. The largest absolute Gasteiger partial charge is 0.487 e. The monoisotopic (exact) mass is 442 g/mol. The van der Waals surface area contributed by atoms with Crippen molar-refractivity contribution in [3.63, 3.8) is 0 Å². The molecule has 0 aliphatic carbocycles. The number of hydrogen-bond acceptors (Lipinski definition) is 4. The van der Waals surface area contributed by atoms with E-state index in [4.69, 9.17) is 9.47 Å². The van der Waals surface area contributed by atoms with E-state index in [-0.39, 0.29) is 35.5 Å². The molecule has 2 fully saturated rings. The second-order valence-electron chi connectivity index (χ2n) is 10.4. The van der Waals surface area contributed by atoms with Gasteiger partial charge in [0.05, 0.1) is 12.2 Å². The number of nitrogens with zero attached hydrogens (tertiary/aromatic N) is 1. The lowest BCUT2D eigenvalue weighted by Gasteiger charge is -2.53. The molecule has 0 spiro atoms. The van der Waals surface area contributed by atoms with Crippen LogP contribution in [0.3, 0.4) is 0 Å². The second kappa shape index (κ2) is 9.42. The molecule has 0 bridgehead atoms. The molecule has 2 amide bonds. The Kier molecular flexibility index (Phi) is 6.80. The second-order valence-corrected chi connectivity index (χ2v) is 10.4. The highest BCUT2D eigenvalue weighted by molar-refractivity contribution is 5.76. The Labute approximate surface area is 192 Å². The van der Waals surface area contributed by atoms with Gasteiger partial charge in [0, 0.05) is 50.4 Å². The molecule has 1 N–H and O–H groups in total. The molecule has 3 aliphatic heterocycles. The maximum atomic E-state index is 12.8. The topological polar surface area (TPSA) is 67.9 Å². The first-order valence-corrected chi connectivity index (χ1v) is 12.2. The summed E-state index contributed by atoms with van der Waals surface area (Å²) >= 11 is 0. The highest BCUT2D eigenvalue weighted by Gasteiger charge is 2.51. The Morgan fingerprint density at radius 2 is 2.03 bits per heavy atom. The zero-order valence-electron chi connectivity index (χ0n) is 20.0. The number of aryl methyl sites for hydroxylation is 1. The van der Waals surface area contributed by atoms with Crippen LogP contribution in [0, 0.1) is 18.8 Å². The molecule has 1 aromatic rings. The van der Waals surface area contributed by atoms with Crippen molar-refractivity contribution in [3.8, 4) is 5.75 Å². The van der Waals surface area contributed by atoms with Crippen LogP contribution in [0.5, 0.6) is 5.75 Å². The van der Waals surface area contributed by atoms with E-state index in [2.05, 4.69) is 44.3 Å². The lowest BCUT2D eigenvalue weighted by atomic mass is 9.70. The predicted octanol–water partition coefficient (Wildman–Crippen LogP) is 4.16. The van der Waals surface area contributed by atoms with Crippen molar-refractivity contribution < 1.29 is 19.1 Å². The maximum absolute atomic E-state index is 12.8. The van der Waals surface area contributed by atoms with E-state index in [1.165, 1.54) is 18.1 Å². The smallest absolute Gasteiger partial charge is 0.222 e. The van der Waals surface area contributed by atoms with Gasteiger partial charge in [-0.15, -0.1) is 0 Å². The van der Waals surface area contributed by atoms with Gasteiger partial charge in [0.15, 0.2) is 0 Å². The third-order valence-corrected chi connectivity index (χ3v) is 7.44. The molecule has 6 heteroatoms. The number of fused-ring (bicyclic) bond motifs is 4. The Morgan fingerprint density at radius 1 is 1.22 bits per heavy atom. The van der Waals surface area contributed by atoms with Crippen LogP contribution < -0.4 is 10.1 Å². The highest BCUT2D eigenvalue weighted by Crippen LogP contribution is 2.53. The summed E-state index contributed by atoms with van der Waals surface area (Å²) in [4.78, 5) is 25.8.